The van der Waals surface area contributed by atoms with E-state index in [9.17, 15) is 14.4 Å². The first-order chi connectivity index (χ1) is 15.8. The molecule has 1 saturated heterocycles. The lowest BCUT2D eigenvalue weighted by molar-refractivity contribution is -0.174. The SMILES string of the molecule is C=CCOC(=O)CN1C(=O)[C@H]([C@@H](C)O[Si](C)(C)C(C)(C)C)[C@H]1[C@@H](C)C(=O)SCc1ccccc1. The van der Waals surface area contributed by atoms with Gasteiger partial charge in [0.25, 0.3) is 0 Å². The van der Waals surface area contributed by atoms with E-state index in [1.165, 1.54) is 22.7 Å². The lowest BCUT2D eigenvalue weighted by atomic mass is 9.77. The third-order valence-corrected chi connectivity index (χ3v) is 12.6. The summed E-state index contributed by atoms with van der Waals surface area (Å²) in [6, 6.07) is 9.38. The number of likely N-dealkylation sites (tertiary alicyclic amines) is 1. The van der Waals surface area contributed by atoms with Crippen LogP contribution in [0.2, 0.25) is 18.1 Å². The maximum atomic E-state index is 13.2. The van der Waals surface area contributed by atoms with Crippen LogP contribution in [0.5, 0.6) is 0 Å². The maximum absolute atomic E-state index is 13.2. The highest BCUT2D eigenvalue weighted by Crippen LogP contribution is 2.42. The first-order valence-corrected chi connectivity index (χ1v) is 15.6. The first-order valence-electron chi connectivity index (χ1n) is 11.8. The molecule has 2 rings (SSSR count). The van der Waals surface area contributed by atoms with Gasteiger partial charge >= 0.3 is 5.97 Å². The molecule has 0 aromatic heterocycles. The predicted molar refractivity (Wildman–Crippen MR) is 140 cm³/mol. The van der Waals surface area contributed by atoms with Gasteiger partial charge in [0, 0.05) is 11.7 Å². The standard InChI is InChI=1S/C26H39NO5SSi/c1-9-15-31-21(28)16-27-23(18(2)25(30)33-17-20-13-11-10-12-14-20)22(24(27)29)19(3)32-34(7,8)26(4,5)6/h9-14,18-19,22-23H,1,15-17H2,2-8H3/t18-,19-,22-,23-/m1/s1. The number of thioether (sulfide) groups is 1. The molecule has 1 aliphatic rings. The van der Waals surface area contributed by atoms with Gasteiger partial charge in [0.15, 0.2) is 13.4 Å². The zero-order valence-corrected chi connectivity index (χ0v) is 23.3. The van der Waals surface area contributed by atoms with Crippen molar-refractivity contribution >= 4 is 37.1 Å². The topological polar surface area (TPSA) is 72.9 Å². The van der Waals surface area contributed by atoms with Gasteiger partial charge in [-0.15, -0.1) is 0 Å². The van der Waals surface area contributed by atoms with Crippen molar-refractivity contribution in [3.63, 3.8) is 0 Å². The zero-order chi connectivity index (χ0) is 25.7. The largest absolute Gasteiger partial charge is 0.460 e. The molecule has 1 aromatic rings. The fraction of sp³-hybridized carbons (Fsp3) is 0.577. The molecule has 0 saturated carbocycles. The van der Waals surface area contributed by atoms with E-state index >= 15 is 0 Å². The number of carbonyl (C=O) groups excluding carboxylic acids is 3. The monoisotopic (exact) mass is 505 g/mol. The van der Waals surface area contributed by atoms with Gasteiger partial charge in [0.1, 0.15) is 13.2 Å². The number of ether oxygens (including phenoxy) is 1. The van der Waals surface area contributed by atoms with E-state index in [2.05, 4.69) is 40.4 Å². The second-order valence-corrected chi connectivity index (χ2v) is 16.2. The number of esters is 1. The molecule has 4 atom stereocenters. The molecule has 1 fully saturated rings. The Bertz CT molecular complexity index is 883. The quantitative estimate of drug-likeness (QED) is 0.181. The molecule has 1 amide bonds. The van der Waals surface area contributed by atoms with Gasteiger partial charge in [-0.05, 0) is 30.6 Å². The molecule has 0 radical (unpaired) electrons. The molecular weight excluding hydrogens is 466 g/mol. The molecule has 6 nitrogen and oxygen atoms in total. The van der Waals surface area contributed by atoms with Crippen molar-refractivity contribution in [1.82, 2.24) is 4.90 Å². The van der Waals surface area contributed by atoms with Crippen molar-refractivity contribution in [2.75, 3.05) is 13.2 Å². The van der Waals surface area contributed by atoms with E-state index in [0.29, 0.717) is 5.75 Å². The van der Waals surface area contributed by atoms with Gasteiger partial charge in [-0.2, -0.15) is 0 Å². The van der Waals surface area contributed by atoms with Gasteiger partial charge in [0.05, 0.1) is 18.1 Å². The molecule has 0 aliphatic carbocycles. The number of β-lactam (4-membered cyclic amide) rings is 1. The van der Waals surface area contributed by atoms with Gasteiger partial charge in [0.2, 0.25) is 5.91 Å². The Labute approximate surface area is 209 Å². The van der Waals surface area contributed by atoms with Crippen LogP contribution in [-0.4, -0.2) is 55.5 Å². The van der Waals surface area contributed by atoms with Crippen LogP contribution in [0.3, 0.4) is 0 Å². The van der Waals surface area contributed by atoms with Crippen LogP contribution in [0.15, 0.2) is 43.0 Å². The molecular formula is C26H39NO5SSi. The summed E-state index contributed by atoms with van der Waals surface area (Å²) in [6.45, 7) is 18.0. The number of amides is 1. The molecule has 1 aliphatic heterocycles. The molecule has 8 heteroatoms. The molecule has 1 heterocycles. The maximum Gasteiger partial charge on any atom is 0.325 e. The van der Waals surface area contributed by atoms with E-state index in [-0.39, 0.29) is 35.3 Å². The van der Waals surface area contributed by atoms with Gasteiger partial charge in [-0.1, -0.05) is 82.4 Å². The highest BCUT2D eigenvalue weighted by atomic mass is 32.2. The Hall–Kier alpha value is -1.90. The molecule has 0 bridgehead atoms. The van der Waals surface area contributed by atoms with Crippen LogP contribution >= 0.6 is 11.8 Å². The average Bonchev–Trinajstić information content (AvgIpc) is 2.76. The number of carbonyl (C=O) groups is 3. The lowest BCUT2D eigenvalue weighted by Gasteiger charge is -2.52. The van der Waals surface area contributed by atoms with Gasteiger partial charge in [-0.3, -0.25) is 14.4 Å². The summed E-state index contributed by atoms with van der Waals surface area (Å²) in [6.07, 6.45) is 1.13. The van der Waals surface area contributed by atoms with E-state index in [0.717, 1.165) is 5.56 Å². The molecule has 0 unspecified atom stereocenters. The fourth-order valence-corrected chi connectivity index (χ4v) is 6.22. The first kappa shape index (κ1) is 28.3. The Morgan fingerprint density at radius 2 is 1.82 bits per heavy atom. The zero-order valence-electron chi connectivity index (χ0n) is 21.5. The summed E-state index contributed by atoms with van der Waals surface area (Å²) in [5, 5.41) is -0.0135. The van der Waals surface area contributed by atoms with Crippen molar-refractivity contribution in [2.45, 2.75) is 70.6 Å². The second kappa shape index (κ2) is 11.7. The average molecular weight is 506 g/mol. The predicted octanol–water partition coefficient (Wildman–Crippen LogP) is 5.05. The minimum Gasteiger partial charge on any atom is -0.460 e. The van der Waals surface area contributed by atoms with Crippen molar-refractivity contribution in [2.24, 2.45) is 11.8 Å². The van der Waals surface area contributed by atoms with E-state index < -0.39 is 32.2 Å². The smallest absolute Gasteiger partial charge is 0.325 e. The van der Waals surface area contributed by atoms with Crippen LogP contribution in [0.1, 0.15) is 40.2 Å². The minimum atomic E-state index is -2.13. The van der Waals surface area contributed by atoms with Crippen molar-refractivity contribution in [3.05, 3.63) is 48.6 Å². The van der Waals surface area contributed by atoms with Gasteiger partial charge < -0.3 is 14.1 Å². The Morgan fingerprint density at radius 3 is 2.38 bits per heavy atom. The lowest BCUT2D eigenvalue weighted by Crippen LogP contribution is -2.69. The Morgan fingerprint density at radius 1 is 1.21 bits per heavy atom. The summed E-state index contributed by atoms with van der Waals surface area (Å²) in [7, 11) is -2.13. The normalized spacial score (nSPS) is 20.3. The van der Waals surface area contributed by atoms with Crippen molar-refractivity contribution < 1.29 is 23.5 Å². The van der Waals surface area contributed by atoms with Crippen LogP contribution in [0, 0.1) is 11.8 Å². The van der Waals surface area contributed by atoms with Crippen molar-refractivity contribution in [1.29, 1.82) is 0 Å². The van der Waals surface area contributed by atoms with Crippen LogP contribution in [0.25, 0.3) is 0 Å². The van der Waals surface area contributed by atoms with Crippen LogP contribution in [-0.2, 0) is 29.3 Å². The number of rotatable bonds is 11. The summed E-state index contributed by atoms with van der Waals surface area (Å²) in [4.78, 5) is 40.1. The highest BCUT2D eigenvalue weighted by molar-refractivity contribution is 8.13. The van der Waals surface area contributed by atoms with Crippen molar-refractivity contribution in [3.8, 4) is 0 Å². The number of benzene rings is 1. The summed E-state index contributed by atoms with van der Waals surface area (Å²) in [5.74, 6) is -1.04. The summed E-state index contributed by atoms with van der Waals surface area (Å²) < 4.78 is 11.6. The van der Waals surface area contributed by atoms with E-state index in [1.54, 1.807) is 0 Å². The third-order valence-electron chi connectivity index (χ3n) is 6.86. The van der Waals surface area contributed by atoms with Crippen LogP contribution in [0.4, 0.5) is 0 Å². The van der Waals surface area contributed by atoms with E-state index in [4.69, 9.17) is 9.16 Å². The minimum absolute atomic E-state index is 0.00432. The third kappa shape index (κ3) is 6.83. The molecule has 0 N–H and O–H groups in total. The Kier molecular flexibility index (Phi) is 9.74. The summed E-state index contributed by atoms with van der Waals surface area (Å²) in [5.41, 5.74) is 1.06. The number of hydrogen-bond acceptors (Lipinski definition) is 6. The Balaban J connectivity index is 2.19. The highest BCUT2D eigenvalue weighted by Gasteiger charge is 2.55. The second-order valence-electron chi connectivity index (χ2n) is 10.4. The van der Waals surface area contributed by atoms with E-state index in [1.807, 2.05) is 44.2 Å². The summed E-state index contributed by atoms with van der Waals surface area (Å²) >= 11 is 1.24. The molecule has 34 heavy (non-hydrogen) atoms. The fourth-order valence-electron chi connectivity index (χ4n) is 3.89. The van der Waals surface area contributed by atoms with Crippen LogP contribution < -0.4 is 0 Å². The molecule has 0 spiro atoms. The number of hydrogen-bond donors (Lipinski definition) is 0. The molecule has 188 valence electrons. The number of nitrogens with zero attached hydrogens (tertiary/aromatic N) is 1. The van der Waals surface area contributed by atoms with Gasteiger partial charge in [-0.25, -0.2) is 0 Å². The molecule has 1 aromatic carbocycles.